The predicted molar refractivity (Wildman–Crippen MR) is 61.6 cm³/mol. The van der Waals surface area contributed by atoms with E-state index >= 15 is 0 Å². The van der Waals surface area contributed by atoms with E-state index in [1.54, 1.807) is 18.2 Å². The number of halogens is 2. The van der Waals surface area contributed by atoms with Gasteiger partial charge in [0.15, 0.2) is 11.6 Å². The summed E-state index contributed by atoms with van der Waals surface area (Å²) in [6.07, 6.45) is 0. The minimum Gasteiger partial charge on any atom is -0.436 e. The average molecular weight is 254 g/mol. The molecule has 0 unspecified atom stereocenters. The summed E-state index contributed by atoms with van der Waals surface area (Å²) in [5, 5.41) is 9.21. The second-order valence-electron chi connectivity index (χ2n) is 3.30. The zero-order valence-corrected chi connectivity index (χ0v) is 9.49. The molecule has 0 amide bonds. The van der Waals surface area contributed by atoms with Gasteiger partial charge in [-0.05, 0) is 24.3 Å². The minimum atomic E-state index is -0.561. The number of aliphatic hydroxyl groups is 1. The summed E-state index contributed by atoms with van der Waals surface area (Å²) in [5.74, 6) is -0.302. The highest BCUT2D eigenvalue weighted by Crippen LogP contribution is 2.25. The van der Waals surface area contributed by atoms with Gasteiger partial charge in [0.1, 0.15) is 0 Å². The molecule has 0 fully saturated rings. The van der Waals surface area contributed by atoms with Crippen molar-refractivity contribution < 1.29 is 14.2 Å². The third-order valence-corrected chi connectivity index (χ3v) is 2.29. The van der Waals surface area contributed by atoms with Crippen LogP contribution in [-0.4, -0.2) is 10.1 Å². The molecule has 0 aliphatic carbocycles. The van der Waals surface area contributed by atoms with Crippen LogP contribution in [0, 0.1) is 5.82 Å². The van der Waals surface area contributed by atoms with Gasteiger partial charge in [-0.25, -0.2) is 9.37 Å². The smallest absolute Gasteiger partial charge is 0.219 e. The molecular weight excluding hydrogens is 245 g/mol. The quantitative estimate of drug-likeness (QED) is 0.914. The first kappa shape index (κ1) is 11.8. The van der Waals surface area contributed by atoms with Gasteiger partial charge in [0.2, 0.25) is 5.88 Å². The van der Waals surface area contributed by atoms with Crippen LogP contribution in [0.15, 0.2) is 36.4 Å². The lowest BCUT2D eigenvalue weighted by Crippen LogP contribution is -1.94. The predicted octanol–water partition coefficient (Wildman–Crippen LogP) is 3.16. The minimum absolute atomic E-state index is 0.0389. The standard InChI is InChI=1S/C12H9ClFNO2/c13-8-4-5-11(10(14)6-8)17-12-3-1-2-9(7-16)15-12/h1-6,16H,7H2. The van der Waals surface area contributed by atoms with Crippen molar-refractivity contribution in [3.63, 3.8) is 0 Å². The molecule has 0 saturated carbocycles. The molecule has 2 rings (SSSR count). The van der Waals surface area contributed by atoms with Crippen LogP contribution in [0.2, 0.25) is 5.02 Å². The number of rotatable bonds is 3. The maximum absolute atomic E-state index is 13.4. The summed E-state index contributed by atoms with van der Waals surface area (Å²) < 4.78 is 18.7. The van der Waals surface area contributed by atoms with Crippen LogP contribution in [0.25, 0.3) is 0 Å². The van der Waals surface area contributed by atoms with E-state index < -0.39 is 5.82 Å². The number of ether oxygens (including phenoxy) is 1. The molecule has 5 heteroatoms. The summed E-state index contributed by atoms with van der Waals surface area (Å²) in [7, 11) is 0. The first-order valence-corrected chi connectivity index (χ1v) is 5.26. The number of aromatic nitrogens is 1. The van der Waals surface area contributed by atoms with Crippen molar-refractivity contribution in [2.75, 3.05) is 0 Å². The normalized spacial score (nSPS) is 10.3. The fourth-order valence-electron chi connectivity index (χ4n) is 1.27. The monoisotopic (exact) mass is 253 g/mol. The van der Waals surface area contributed by atoms with Crippen LogP contribution in [0.5, 0.6) is 11.6 Å². The highest BCUT2D eigenvalue weighted by molar-refractivity contribution is 6.30. The van der Waals surface area contributed by atoms with Crippen LogP contribution < -0.4 is 4.74 Å². The van der Waals surface area contributed by atoms with E-state index in [1.165, 1.54) is 12.1 Å². The Hall–Kier alpha value is -1.65. The van der Waals surface area contributed by atoms with E-state index in [1.807, 2.05) is 0 Å². The van der Waals surface area contributed by atoms with Gasteiger partial charge in [-0.3, -0.25) is 0 Å². The molecule has 1 N–H and O–H groups in total. The Labute approximate surface area is 102 Å². The Kier molecular flexibility index (Phi) is 3.56. The molecule has 88 valence electrons. The molecule has 0 saturated heterocycles. The maximum Gasteiger partial charge on any atom is 0.219 e. The third-order valence-electron chi connectivity index (χ3n) is 2.05. The van der Waals surface area contributed by atoms with E-state index in [-0.39, 0.29) is 18.2 Å². The molecule has 0 radical (unpaired) electrons. The lowest BCUT2D eigenvalue weighted by Gasteiger charge is -2.06. The lowest BCUT2D eigenvalue weighted by molar-refractivity contribution is 0.275. The molecule has 0 aliphatic heterocycles. The second kappa shape index (κ2) is 5.12. The number of hydrogen-bond donors (Lipinski definition) is 1. The first-order chi connectivity index (χ1) is 8.19. The molecule has 3 nitrogen and oxygen atoms in total. The van der Waals surface area contributed by atoms with E-state index in [2.05, 4.69) is 4.98 Å². The van der Waals surface area contributed by atoms with Crippen molar-refractivity contribution >= 4 is 11.6 Å². The van der Waals surface area contributed by atoms with E-state index in [9.17, 15) is 4.39 Å². The molecular formula is C12H9ClFNO2. The highest BCUT2D eigenvalue weighted by Gasteiger charge is 2.06. The van der Waals surface area contributed by atoms with Gasteiger partial charge in [0.25, 0.3) is 0 Å². The van der Waals surface area contributed by atoms with Crippen LogP contribution in [-0.2, 0) is 6.61 Å². The van der Waals surface area contributed by atoms with Gasteiger partial charge < -0.3 is 9.84 Å². The van der Waals surface area contributed by atoms with Gasteiger partial charge in [-0.1, -0.05) is 17.7 Å². The maximum atomic E-state index is 13.4. The van der Waals surface area contributed by atoms with Crippen molar-refractivity contribution in [2.45, 2.75) is 6.61 Å². The fraction of sp³-hybridized carbons (Fsp3) is 0.0833. The zero-order chi connectivity index (χ0) is 12.3. The summed E-state index contributed by atoms with van der Waals surface area (Å²) in [6.45, 7) is -0.194. The zero-order valence-electron chi connectivity index (χ0n) is 8.73. The van der Waals surface area contributed by atoms with Crippen molar-refractivity contribution in [3.8, 4) is 11.6 Å². The van der Waals surface area contributed by atoms with Gasteiger partial charge in [-0.2, -0.15) is 0 Å². The topological polar surface area (TPSA) is 42.4 Å². The van der Waals surface area contributed by atoms with E-state index in [0.29, 0.717) is 10.7 Å². The van der Waals surface area contributed by atoms with Gasteiger partial charge in [-0.15, -0.1) is 0 Å². The Morgan fingerprint density at radius 1 is 1.29 bits per heavy atom. The molecule has 1 aromatic heterocycles. The largest absolute Gasteiger partial charge is 0.436 e. The molecule has 0 atom stereocenters. The summed E-state index contributed by atoms with van der Waals surface area (Å²) in [4.78, 5) is 3.98. The molecule has 0 spiro atoms. The van der Waals surface area contributed by atoms with Crippen molar-refractivity contribution in [1.29, 1.82) is 0 Å². The lowest BCUT2D eigenvalue weighted by atomic mass is 10.3. The Morgan fingerprint density at radius 2 is 2.12 bits per heavy atom. The number of aliphatic hydroxyl groups excluding tert-OH is 1. The molecule has 1 heterocycles. The average Bonchev–Trinajstić information content (AvgIpc) is 2.33. The number of nitrogens with zero attached hydrogens (tertiary/aromatic N) is 1. The summed E-state index contributed by atoms with van der Waals surface area (Å²) in [5.41, 5.74) is 0.455. The van der Waals surface area contributed by atoms with E-state index in [4.69, 9.17) is 21.4 Å². The van der Waals surface area contributed by atoms with Crippen molar-refractivity contribution in [1.82, 2.24) is 4.98 Å². The molecule has 17 heavy (non-hydrogen) atoms. The van der Waals surface area contributed by atoms with Crippen molar-refractivity contribution in [2.24, 2.45) is 0 Å². The SMILES string of the molecule is OCc1cccc(Oc2ccc(Cl)cc2F)n1. The van der Waals surface area contributed by atoms with Gasteiger partial charge in [0, 0.05) is 11.1 Å². The third kappa shape index (κ3) is 2.93. The summed E-state index contributed by atoms with van der Waals surface area (Å²) in [6, 6.07) is 8.99. The summed E-state index contributed by atoms with van der Waals surface area (Å²) >= 11 is 5.62. The van der Waals surface area contributed by atoms with Crippen LogP contribution in [0.4, 0.5) is 4.39 Å². The number of pyridine rings is 1. The molecule has 0 aliphatic rings. The second-order valence-corrected chi connectivity index (χ2v) is 3.74. The highest BCUT2D eigenvalue weighted by atomic mass is 35.5. The van der Waals surface area contributed by atoms with Gasteiger partial charge in [0.05, 0.1) is 12.3 Å². The molecule has 1 aromatic carbocycles. The fourth-order valence-corrected chi connectivity index (χ4v) is 1.43. The molecule has 2 aromatic rings. The Balaban J connectivity index is 2.25. The van der Waals surface area contributed by atoms with Crippen molar-refractivity contribution in [3.05, 3.63) is 52.9 Å². The van der Waals surface area contributed by atoms with Crippen LogP contribution in [0.1, 0.15) is 5.69 Å². The van der Waals surface area contributed by atoms with Crippen LogP contribution >= 0.6 is 11.6 Å². The number of benzene rings is 1. The molecule has 0 bridgehead atoms. The van der Waals surface area contributed by atoms with Crippen LogP contribution in [0.3, 0.4) is 0 Å². The van der Waals surface area contributed by atoms with E-state index in [0.717, 1.165) is 6.07 Å². The number of hydrogen-bond acceptors (Lipinski definition) is 3. The van der Waals surface area contributed by atoms with Gasteiger partial charge >= 0.3 is 0 Å². The first-order valence-electron chi connectivity index (χ1n) is 4.89. The Bertz CT molecular complexity index is 534. The Morgan fingerprint density at radius 3 is 2.82 bits per heavy atom.